The normalized spacial score (nSPS) is 21.9. The lowest BCUT2D eigenvalue weighted by molar-refractivity contribution is 0.0940. The molecule has 1 heterocycles. The van der Waals surface area contributed by atoms with Gasteiger partial charge in [0.2, 0.25) is 0 Å². The minimum absolute atomic E-state index is 0. The van der Waals surface area contributed by atoms with Gasteiger partial charge in [-0.25, -0.2) is 0 Å². The number of carbonyl (C=O) groups excluding carboxylic acids is 1. The summed E-state index contributed by atoms with van der Waals surface area (Å²) in [4.78, 5) is 16.2. The van der Waals surface area contributed by atoms with Gasteiger partial charge in [0.25, 0.3) is 5.91 Å². The molecule has 2 unspecified atom stereocenters. The van der Waals surface area contributed by atoms with Gasteiger partial charge in [-0.2, -0.15) is 0 Å². The van der Waals surface area contributed by atoms with E-state index in [1.807, 2.05) is 0 Å². The van der Waals surface area contributed by atoms with Crippen molar-refractivity contribution in [3.8, 4) is 0 Å². The first kappa shape index (κ1) is 16.9. The molecule has 0 aromatic carbocycles. The molecule has 1 aromatic rings. The van der Waals surface area contributed by atoms with Crippen LogP contribution in [-0.2, 0) is 6.54 Å². The van der Waals surface area contributed by atoms with Crippen molar-refractivity contribution in [2.75, 3.05) is 6.54 Å². The predicted octanol–water partition coefficient (Wildman–Crippen LogP) is 2.52. The third-order valence-corrected chi connectivity index (χ3v) is 3.88. The van der Waals surface area contributed by atoms with Gasteiger partial charge in [0, 0.05) is 24.8 Å². The fraction of sp³-hybridized carbons (Fsp3) is 0.600. The highest BCUT2D eigenvalue weighted by molar-refractivity contribution is 5.94. The van der Waals surface area contributed by atoms with E-state index < -0.39 is 0 Å². The molecule has 1 aromatic heterocycles. The number of aromatic nitrogens is 1. The third-order valence-electron chi connectivity index (χ3n) is 3.88. The van der Waals surface area contributed by atoms with Crippen molar-refractivity contribution in [2.45, 2.75) is 39.2 Å². The number of rotatable bonds is 4. The summed E-state index contributed by atoms with van der Waals surface area (Å²) in [6.07, 6.45) is 6.71. The van der Waals surface area contributed by atoms with Gasteiger partial charge in [-0.15, -0.1) is 12.4 Å². The lowest BCUT2D eigenvalue weighted by Crippen LogP contribution is -2.31. The summed E-state index contributed by atoms with van der Waals surface area (Å²) in [6.45, 7) is 3.44. The molecule has 0 aliphatic heterocycles. The number of pyridine rings is 1. The van der Waals surface area contributed by atoms with Gasteiger partial charge in [0.15, 0.2) is 0 Å². The third kappa shape index (κ3) is 4.76. The molecule has 2 rings (SSSR count). The summed E-state index contributed by atoms with van der Waals surface area (Å²) >= 11 is 0. The van der Waals surface area contributed by atoms with Crippen LogP contribution in [0.3, 0.4) is 0 Å². The van der Waals surface area contributed by atoms with Crippen LogP contribution in [0.2, 0.25) is 0 Å². The molecular formula is C15H24ClN3O. The Labute approximate surface area is 126 Å². The molecule has 2 atom stereocenters. The second kappa shape index (κ2) is 8.22. The van der Waals surface area contributed by atoms with E-state index >= 15 is 0 Å². The van der Waals surface area contributed by atoms with Crippen molar-refractivity contribution in [1.82, 2.24) is 10.3 Å². The van der Waals surface area contributed by atoms with Crippen LogP contribution < -0.4 is 11.1 Å². The fourth-order valence-corrected chi connectivity index (χ4v) is 2.82. The second-order valence-electron chi connectivity index (χ2n) is 5.59. The summed E-state index contributed by atoms with van der Waals surface area (Å²) in [7, 11) is 0. The Morgan fingerprint density at radius 3 is 3.00 bits per heavy atom. The number of nitrogens with two attached hydrogens (primary N) is 1. The van der Waals surface area contributed by atoms with Crippen LogP contribution in [0.1, 0.15) is 48.7 Å². The smallest absolute Gasteiger partial charge is 0.251 e. The van der Waals surface area contributed by atoms with E-state index in [1.54, 1.807) is 18.3 Å². The minimum Gasteiger partial charge on any atom is -0.352 e. The van der Waals surface area contributed by atoms with E-state index in [-0.39, 0.29) is 18.3 Å². The van der Waals surface area contributed by atoms with Gasteiger partial charge in [0.05, 0.1) is 5.69 Å². The summed E-state index contributed by atoms with van der Waals surface area (Å²) in [5.74, 6) is 1.40. The Bertz CT molecular complexity index is 439. The molecule has 1 aliphatic carbocycles. The Morgan fingerprint density at radius 2 is 2.30 bits per heavy atom. The highest BCUT2D eigenvalue weighted by atomic mass is 35.5. The molecule has 1 aliphatic rings. The lowest BCUT2D eigenvalue weighted by atomic mass is 9.82. The van der Waals surface area contributed by atoms with Gasteiger partial charge in [-0.1, -0.05) is 19.8 Å². The average Bonchev–Trinajstić information content (AvgIpc) is 2.45. The molecule has 20 heavy (non-hydrogen) atoms. The largest absolute Gasteiger partial charge is 0.352 e. The zero-order valence-corrected chi connectivity index (χ0v) is 12.8. The van der Waals surface area contributed by atoms with E-state index in [0.29, 0.717) is 18.0 Å². The quantitative estimate of drug-likeness (QED) is 0.897. The van der Waals surface area contributed by atoms with Crippen LogP contribution in [0.5, 0.6) is 0 Å². The van der Waals surface area contributed by atoms with Crippen molar-refractivity contribution >= 4 is 18.3 Å². The first-order valence-electron chi connectivity index (χ1n) is 7.12. The van der Waals surface area contributed by atoms with Gasteiger partial charge < -0.3 is 11.1 Å². The van der Waals surface area contributed by atoms with Crippen molar-refractivity contribution in [3.63, 3.8) is 0 Å². The number of hydrogen-bond donors (Lipinski definition) is 2. The second-order valence-corrected chi connectivity index (χ2v) is 5.59. The lowest BCUT2D eigenvalue weighted by Gasteiger charge is -2.26. The molecule has 0 saturated heterocycles. The first-order valence-corrected chi connectivity index (χ1v) is 7.12. The van der Waals surface area contributed by atoms with E-state index in [9.17, 15) is 4.79 Å². The zero-order chi connectivity index (χ0) is 13.7. The topological polar surface area (TPSA) is 68.0 Å². The molecule has 0 bridgehead atoms. The molecule has 4 nitrogen and oxygen atoms in total. The number of nitrogens with one attached hydrogen (secondary N) is 1. The molecule has 3 N–H and O–H groups in total. The highest BCUT2D eigenvalue weighted by Crippen LogP contribution is 2.27. The van der Waals surface area contributed by atoms with Gasteiger partial charge in [-0.3, -0.25) is 9.78 Å². The van der Waals surface area contributed by atoms with Gasteiger partial charge in [-0.05, 0) is 36.8 Å². The molecule has 1 saturated carbocycles. The molecule has 112 valence electrons. The number of hydrogen-bond acceptors (Lipinski definition) is 3. The fourth-order valence-electron chi connectivity index (χ4n) is 2.82. The van der Waals surface area contributed by atoms with Crippen molar-refractivity contribution in [1.29, 1.82) is 0 Å². The summed E-state index contributed by atoms with van der Waals surface area (Å²) in [5.41, 5.74) is 6.93. The minimum atomic E-state index is -0.0182. The Hall–Kier alpha value is -1.13. The maximum absolute atomic E-state index is 12.1. The van der Waals surface area contributed by atoms with E-state index in [1.165, 1.54) is 25.7 Å². The SMILES string of the molecule is CC1CCCC(CNC(=O)c2ccnc(CN)c2)C1.Cl. The van der Waals surface area contributed by atoms with E-state index in [0.717, 1.165) is 18.2 Å². The van der Waals surface area contributed by atoms with E-state index in [2.05, 4.69) is 17.2 Å². The predicted molar refractivity (Wildman–Crippen MR) is 82.8 cm³/mol. The number of carbonyl (C=O) groups is 1. The van der Waals surface area contributed by atoms with Crippen LogP contribution in [0.25, 0.3) is 0 Å². The van der Waals surface area contributed by atoms with Crippen LogP contribution >= 0.6 is 12.4 Å². The maximum Gasteiger partial charge on any atom is 0.251 e. The number of amides is 1. The summed E-state index contributed by atoms with van der Waals surface area (Å²) in [6, 6.07) is 3.50. The zero-order valence-electron chi connectivity index (χ0n) is 12.0. The van der Waals surface area contributed by atoms with Crippen LogP contribution in [0.15, 0.2) is 18.3 Å². The molecule has 5 heteroatoms. The Morgan fingerprint density at radius 1 is 1.50 bits per heavy atom. The molecule has 0 radical (unpaired) electrons. The highest BCUT2D eigenvalue weighted by Gasteiger charge is 2.19. The molecule has 1 fully saturated rings. The summed E-state index contributed by atoms with van der Waals surface area (Å²) < 4.78 is 0. The van der Waals surface area contributed by atoms with Crippen molar-refractivity contribution in [3.05, 3.63) is 29.6 Å². The Kier molecular flexibility index (Phi) is 6.96. The summed E-state index contributed by atoms with van der Waals surface area (Å²) in [5, 5.41) is 3.03. The number of halogens is 1. The Balaban J connectivity index is 0.00000200. The van der Waals surface area contributed by atoms with Crippen LogP contribution in [0, 0.1) is 11.8 Å². The van der Waals surface area contributed by atoms with Crippen molar-refractivity contribution < 1.29 is 4.79 Å². The molecular weight excluding hydrogens is 274 g/mol. The standard InChI is InChI=1S/C15H23N3O.ClH/c1-11-3-2-4-12(7-11)10-18-15(19)13-5-6-17-14(8-13)9-16;/h5-6,8,11-12H,2-4,7,9-10,16H2,1H3,(H,18,19);1H. The number of nitrogens with zero attached hydrogens (tertiary/aromatic N) is 1. The first-order chi connectivity index (χ1) is 9.19. The monoisotopic (exact) mass is 297 g/mol. The van der Waals surface area contributed by atoms with Crippen LogP contribution in [0.4, 0.5) is 0 Å². The molecule has 0 spiro atoms. The molecule has 1 amide bonds. The van der Waals surface area contributed by atoms with Gasteiger partial charge >= 0.3 is 0 Å². The maximum atomic E-state index is 12.1. The van der Waals surface area contributed by atoms with Gasteiger partial charge in [0.1, 0.15) is 0 Å². The van der Waals surface area contributed by atoms with E-state index in [4.69, 9.17) is 5.73 Å². The average molecular weight is 298 g/mol. The van der Waals surface area contributed by atoms with Crippen molar-refractivity contribution in [2.24, 2.45) is 17.6 Å². The van der Waals surface area contributed by atoms with Crippen LogP contribution in [-0.4, -0.2) is 17.4 Å².